The number of hydrogen-bond acceptors (Lipinski definition) is 2. The van der Waals surface area contributed by atoms with Crippen molar-refractivity contribution in [2.45, 2.75) is 19.4 Å². The van der Waals surface area contributed by atoms with Crippen LogP contribution in [0.5, 0.6) is 0 Å². The van der Waals surface area contributed by atoms with Gasteiger partial charge in [0.25, 0.3) is 0 Å². The molecule has 1 aliphatic heterocycles. The molecule has 1 aromatic heterocycles. The molecule has 0 amide bonds. The molecule has 0 aliphatic carbocycles. The molecule has 2 heterocycles. The Balaban J connectivity index is 0.00000196. The van der Waals surface area contributed by atoms with Crippen molar-refractivity contribution in [3.05, 3.63) is 64.3 Å². The molecule has 0 unspecified atom stereocenters. The van der Waals surface area contributed by atoms with Crippen LogP contribution in [-0.4, -0.2) is 28.0 Å². The molecule has 1 N–H and O–H groups in total. The van der Waals surface area contributed by atoms with Crippen LogP contribution in [0.25, 0.3) is 22.6 Å². The van der Waals surface area contributed by atoms with Crippen LogP contribution in [0.1, 0.15) is 18.4 Å². The maximum atomic E-state index is 6.11. The summed E-state index contributed by atoms with van der Waals surface area (Å²) in [5.41, 5.74) is 4.42. The van der Waals surface area contributed by atoms with Gasteiger partial charge in [0, 0.05) is 12.1 Å². The van der Waals surface area contributed by atoms with Gasteiger partial charge in [-0.1, -0.05) is 41.4 Å². The van der Waals surface area contributed by atoms with E-state index in [1.807, 2.05) is 18.3 Å². The minimum absolute atomic E-state index is 0. The summed E-state index contributed by atoms with van der Waals surface area (Å²) in [4.78, 5) is 10.4. The first-order valence-corrected chi connectivity index (χ1v) is 9.27. The van der Waals surface area contributed by atoms with Gasteiger partial charge in [0.15, 0.2) is 0 Å². The summed E-state index contributed by atoms with van der Waals surface area (Å²) in [6.45, 7) is 3.42. The van der Waals surface area contributed by atoms with Gasteiger partial charge < -0.3 is 4.98 Å². The molecule has 6 heteroatoms. The summed E-state index contributed by atoms with van der Waals surface area (Å²) in [5.74, 6) is 0.790. The SMILES string of the molecule is Cl.Clc1ccc(-c2ncc(-c3cccc(CN4CCCC4)c3)[nH]2)cc1Cl. The van der Waals surface area contributed by atoms with E-state index in [1.165, 1.54) is 31.5 Å². The lowest BCUT2D eigenvalue weighted by molar-refractivity contribution is 0.331. The van der Waals surface area contributed by atoms with Crippen LogP contribution in [0.4, 0.5) is 0 Å². The third-order valence-electron chi connectivity index (χ3n) is 4.61. The van der Waals surface area contributed by atoms with Crippen molar-refractivity contribution >= 4 is 35.6 Å². The average Bonchev–Trinajstić information content (AvgIpc) is 3.29. The third-order valence-corrected chi connectivity index (χ3v) is 5.35. The van der Waals surface area contributed by atoms with Crippen molar-refractivity contribution in [1.29, 1.82) is 0 Å². The smallest absolute Gasteiger partial charge is 0.137 e. The fraction of sp³-hybridized carbons (Fsp3) is 0.250. The lowest BCUT2D eigenvalue weighted by atomic mass is 10.1. The lowest BCUT2D eigenvalue weighted by Crippen LogP contribution is -2.18. The number of benzene rings is 2. The molecular weight excluding hydrogens is 389 g/mol. The lowest BCUT2D eigenvalue weighted by Gasteiger charge is -2.14. The van der Waals surface area contributed by atoms with E-state index >= 15 is 0 Å². The van der Waals surface area contributed by atoms with Crippen LogP contribution in [-0.2, 0) is 6.54 Å². The number of nitrogens with one attached hydrogen (secondary N) is 1. The van der Waals surface area contributed by atoms with E-state index in [4.69, 9.17) is 23.2 Å². The highest BCUT2D eigenvalue weighted by Gasteiger charge is 2.13. The first-order chi connectivity index (χ1) is 12.2. The number of rotatable bonds is 4. The van der Waals surface area contributed by atoms with Gasteiger partial charge >= 0.3 is 0 Å². The van der Waals surface area contributed by atoms with Gasteiger partial charge in [0.1, 0.15) is 5.82 Å². The highest BCUT2D eigenvalue weighted by molar-refractivity contribution is 6.42. The predicted molar refractivity (Wildman–Crippen MR) is 111 cm³/mol. The molecule has 136 valence electrons. The molecule has 1 saturated heterocycles. The molecule has 26 heavy (non-hydrogen) atoms. The van der Waals surface area contributed by atoms with Crippen molar-refractivity contribution in [3.8, 4) is 22.6 Å². The minimum Gasteiger partial charge on any atom is -0.338 e. The van der Waals surface area contributed by atoms with E-state index in [9.17, 15) is 0 Å². The van der Waals surface area contributed by atoms with Gasteiger partial charge in [-0.3, -0.25) is 4.90 Å². The Morgan fingerprint density at radius 1 is 0.962 bits per heavy atom. The second-order valence-electron chi connectivity index (χ2n) is 6.46. The summed E-state index contributed by atoms with van der Waals surface area (Å²) in [7, 11) is 0. The zero-order chi connectivity index (χ0) is 17.2. The van der Waals surface area contributed by atoms with Crippen LogP contribution in [0.15, 0.2) is 48.7 Å². The van der Waals surface area contributed by atoms with Crippen LogP contribution in [0, 0.1) is 0 Å². The fourth-order valence-corrected chi connectivity index (χ4v) is 3.59. The summed E-state index contributed by atoms with van der Waals surface area (Å²) in [6, 6.07) is 14.2. The molecule has 0 radical (unpaired) electrons. The molecule has 4 rings (SSSR count). The second kappa shape index (κ2) is 8.45. The van der Waals surface area contributed by atoms with E-state index in [2.05, 4.69) is 39.1 Å². The number of nitrogens with zero attached hydrogens (tertiary/aromatic N) is 2. The van der Waals surface area contributed by atoms with Gasteiger partial charge in [-0.15, -0.1) is 12.4 Å². The molecule has 0 saturated carbocycles. The van der Waals surface area contributed by atoms with Crippen molar-refractivity contribution in [1.82, 2.24) is 14.9 Å². The maximum absolute atomic E-state index is 6.11. The van der Waals surface area contributed by atoms with Crippen LogP contribution in [0.2, 0.25) is 10.0 Å². The van der Waals surface area contributed by atoms with E-state index in [-0.39, 0.29) is 12.4 Å². The highest BCUT2D eigenvalue weighted by atomic mass is 35.5. The first-order valence-electron chi connectivity index (χ1n) is 8.51. The van der Waals surface area contributed by atoms with Gasteiger partial charge in [0.2, 0.25) is 0 Å². The quantitative estimate of drug-likeness (QED) is 0.568. The van der Waals surface area contributed by atoms with E-state index in [0.29, 0.717) is 10.0 Å². The normalized spacial score (nSPS) is 14.4. The molecule has 0 bridgehead atoms. The summed E-state index contributed by atoms with van der Waals surface area (Å²) < 4.78 is 0. The Hall–Kier alpha value is -1.52. The summed E-state index contributed by atoms with van der Waals surface area (Å²) in [5, 5.41) is 1.08. The second-order valence-corrected chi connectivity index (χ2v) is 7.27. The molecule has 0 spiro atoms. The van der Waals surface area contributed by atoms with E-state index in [0.717, 1.165) is 29.2 Å². The van der Waals surface area contributed by atoms with E-state index < -0.39 is 0 Å². The van der Waals surface area contributed by atoms with Crippen molar-refractivity contribution in [2.75, 3.05) is 13.1 Å². The van der Waals surface area contributed by atoms with Gasteiger partial charge in [-0.25, -0.2) is 4.98 Å². The molecule has 0 atom stereocenters. The first kappa shape index (κ1) is 19.2. The Morgan fingerprint density at radius 3 is 2.54 bits per heavy atom. The highest BCUT2D eigenvalue weighted by Crippen LogP contribution is 2.29. The Kier molecular flexibility index (Phi) is 6.25. The molecular formula is C20H20Cl3N3. The van der Waals surface area contributed by atoms with Gasteiger partial charge in [-0.2, -0.15) is 0 Å². The van der Waals surface area contributed by atoms with Gasteiger partial charge in [0.05, 0.1) is 21.9 Å². The van der Waals surface area contributed by atoms with Crippen molar-refractivity contribution in [2.24, 2.45) is 0 Å². The number of H-pyrrole nitrogens is 1. The minimum atomic E-state index is 0. The number of aromatic nitrogens is 2. The Morgan fingerprint density at radius 2 is 1.77 bits per heavy atom. The standard InChI is InChI=1S/C20H19Cl2N3.ClH/c21-17-7-6-16(11-18(17)22)20-23-12-19(24-20)15-5-3-4-14(10-15)13-25-8-1-2-9-25;/h3-7,10-12H,1-2,8-9,13H2,(H,23,24);1H. The zero-order valence-corrected chi connectivity index (χ0v) is 16.5. The Bertz CT molecular complexity index is 886. The summed E-state index contributed by atoms with van der Waals surface area (Å²) >= 11 is 12.1. The predicted octanol–water partition coefficient (Wildman–Crippen LogP) is 6.07. The number of imidazole rings is 1. The number of aromatic amines is 1. The largest absolute Gasteiger partial charge is 0.338 e. The van der Waals surface area contributed by atoms with Crippen molar-refractivity contribution < 1.29 is 0 Å². The number of likely N-dealkylation sites (tertiary alicyclic amines) is 1. The molecule has 3 aromatic rings. The fourth-order valence-electron chi connectivity index (χ4n) is 3.29. The molecule has 1 fully saturated rings. The zero-order valence-electron chi connectivity index (χ0n) is 14.2. The molecule has 1 aliphatic rings. The number of hydrogen-bond donors (Lipinski definition) is 1. The van der Waals surface area contributed by atoms with Crippen LogP contribution < -0.4 is 0 Å². The Labute approximate surface area is 169 Å². The summed E-state index contributed by atoms with van der Waals surface area (Å²) in [6.07, 6.45) is 4.49. The average molecular weight is 409 g/mol. The topological polar surface area (TPSA) is 31.9 Å². The monoisotopic (exact) mass is 407 g/mol. The number of halogens is 3. The van der Waals surface area contributed by atoms with Crippen LogP contribution in [0.3, 0.4) is 0 Å². The third kappa shape index (κ3) is 4.24. The van der Waals surface area contributed by atoms with Crippen molar-refractivity contribution in [3.63, 3.8) is 0 Å². The maximum Gasteiger partial charge on any atom is 0.137 e. The van der Waals surface area contributed by atoms with Crippen LogP contribution >= 0.6 is 35.6 Å². The van der Waals surface area contributed by atoms with E-state index in [1.54, 1.807) is 6.07 Å². The molecule has 2 aromatic carbocycles. The molecule has 3 nitrogen and oxygen atoms in total. The van der Waals surface area contributed by atoms with Gasteiger partial charge in [-0.05, 0) is 61.3 Å².